The minimum Gasteiger partial charge on any atom is -0.246 e. The second kappa shape index (κ2) is 6.14. The first-order valence-corrected chi connectivity index (χ1v) is 4.92. The second-order valence-electron chi connectivity index (χ2n) is 2.61. The first kappa shape index (κ1) is 10.4. The molecule has 0 unspecified atom stereocenters. The summed E-state index contributed by atoms with van der Waals surface area (Å²) >= 11 is 3.33. The number of halogens is 2. The van der Waals surface area contributed by atoms with E-state index in [1.54, 1.807) is 0 Å². The van der Waals surface area contributed by atoms with Crippen molar-refractivity contribution in [2.45, 2.75) is 50.5 Å². The molecule has 0 rings (SSSR count). The Hall–Kier alpha value is 0.410. The van der Waals surface area contributed by atoms with E-state index in [2.05, 4.69) is 22.9 Å². The third-order valence-electron chi connectivity index (χ3n) is 1.52. The van der Waals surface area contributed by atoms with Gasteiger partial charge in [0, 0.05) is 4.83 Å². The lowest BCUT2D eigenvalue weighted by atomic mass is 10.1. The normalized spacial score (nSPS) is 16.8. The maximum atomic E-state index is 12.9. The molecule has 2 heteroatoms. The molecule has 0 saturated heterocycles. The molecule has 0 radical (unpaired) electrons. The molecule has 0 saturated carbocycles. The quantitative estimate of drug-likeness (QED) is 0.608. The van der Waals surface area contributed by atoms with Gasteiger partial charge >= 0.3 is 0 Å². The highest BCUT2D eigenvalue weighted by Crippen LogP contribution is 2.18. The van der Waals surface area contributed by atoms with Crippen LogP contribution < -0.4 is 0 Å². The van der Waals surface area contributed by atoms with Crippen LogP contribution in [0.2, 0.25) is 0 Å². The van der Waals surface area contributed by atoms with Crippen molar-refractivity contribution in [1.82, 2.24) is 0 Å². The van der Waals surface area contributed by atoms with E-state index in [9.17, 15) is 4.39 Å². The maximum Gasteiger partial charge on any atom is 0.113 e. The van der Waals surface area contributed by atoms with Gasteiger partial charge in [-0.25, -0.2) is 4.39 Å². The molecule has 0 aromatic carbocycles. The van der Waals surface area contributed by atoms with E-state index in [0.29, 0.717) is 6.42 Å². The van der Waals surface area contributed by atoms with E-state index >= 15 is 0 Å². The molecule has 62 valence electrons. The predicted octanol–water partition coefficient (Wildman–Crippen LogP) is 3.69. The summed E-state index contributed by atoms with van der Waals surface area (Å²) in [5.74, 6) is 0. The zero-order chi connectivity index (χ0) is 7.98. The SMILES string of the molecule is CCC[C@H](F)[C@@H](Br)CCC. The molecule has 0 heterocycles. The topological polar surface area (TPSA) is 0 Å². The molecule has 2 atom stereocenters. The van der Waals surface area contributed by atoms with E-state index in [1.165, 1.54) is 0 Å². The molecule has 0 nitrogen and oxygen atoms in total. The van der Waals surface area contributed by atoms with Crippen molar-refractivity contribution in [3.63, 3.8) is 0 Å². The summed E-state index contributed by atoms with van der Waals surface area (Å²) in [5.41, 5.74) is 0. The first-order chi connectivity index (χ1) is 4.72. The molecule has 0 amide bonds. The highest BCUT2D eigenvalue weighted by atomic mass is 79.9. The van der Waals surface area contributed by atoms with Gasteiger partial charge in [-0.05, 0) is 12.8 Å². The Bertz CT molecular complexity index is 65.7. The fourth-order valence-electron chi connectivity index (χ4n) is 0.913. The van der Waals surface area contributed by atoms with Crippen molar-refractivity contribution in [3.05, 3.63) is 0 Å². The molecule has 0 N–H and O–H groups in total. The van der Waals surface area contributed by atoms with Crippen LogP contribution in [-0.4, -0.2) is 11.0 Å². The molecule has 0 fully saturated rings. The van der Waals surface area contributed by atoms with Crippen LogP contribution in [-0.2, 0) is 0 Å². The fraction of sp³-hybridized carbons (Fsp3) is 1.00. The third kappa shape index (κ3) is 4.26. The summed E-state index contributed by atoms with van der Waals surface area (Å²) in [5, 5.41) is 0. The molecule has 0 spiro atoms. The van der Waals surface area contributed by atoms with Crippen molar-refractivity contribution in [3.8, 4) is 0 Å². The van der Waals surface area contributed by atoms with E-state index in [1.807, 2.05) is 6.92 Å². The van der Waals surface area contributed by atoms with Gasteiger partial charge < -0.3 is 0 Å². The van der Waals surface area contributed by atoms with Gasteiger partial charge in [-0.1, -0.05) is 42.6 Å². The summed E-state index contributed by atoms with van der Waals surface area (Å²) in [6.07, 6.45) is 2.98. The van der Waals surface area contributed by atoms with Crippen LogP contribution in [0.5, 0.6) is 0 Å². The Morgan fingerprint density at radius 2 is 1.70 bits per heavy atom. The van der Waals surface area contributed by atoms with Crippen molar-refractivity contribution >= 4 is 15.9 Å². The van der Waals surface area contributed by atoms with Crippen LogP contribution in [0.3, 0.4) is 0 Å². The lowest BCUT2D eigenvalue weighted by molar-refractivity contribution is 0.299. The summed E-state index contributed by atoms with van der Waals surface area (Å²) in [7, 11) is 0. The summed E-state index contributed by atoms with van der Waals surface area (Å²) in [6, 6.07) is 0. The molecule has 0 aromatic rings. The van der Waals surface area contributed by atoms with Gasteiger partial charge in [0.1, 0.15) is 6.17 Å². The number of hydrogen-bond donors (Lipinski definition) is 0. The molecule has 0 aliphatic carbocycles. The van der Waals surface area contributed by atoms with E-state index in [4.69, 9.17) is 0 Å². The van der Waals surface area contributed by atoms with Crippen molar-refractivity contribution in [1.29, 1.82) is 0 Å². The van der Waals surface area contributed by atoms with Gasteiger partial charge in [0.15, 0.2) is 0 Å². The first-order valence-electron chi connectivity index (χ1n) is 4.00. The average Bonchev–Trinajstić information content (AvgIpc) is 1.89. The Kier molecular flexibility index (Phi) is 6.39. The Morgan fingerprint density at radius 3 is 2.10 bits per heavy atom. The number of alkyl halides is 2. The Labute approximate surface area is 71.3 Å². The summed E-state index contributed by atoms with van der Waals surface area (Å²) in [4.78, 5) is 0.0810. The Balaban J connectivity index is 3.38. The van der Waals surface area contributed by atoms with Crippen molar-refractivity contribution < 1.29 is 4.39 Å². The van der Waals surface area contributed by atoms with Crippen LogP contribution in [0.4, 0.5) is 4.39 Å². The monoisotopic (exact) mass is 210 g/mol. The largest absolute Gasteiger partial charge is 0.246 e. The molecule has 10 heavy (non-hydrogen) atoms. The van der Waals surface area contributed by atoms with Crippen molar-refractivity contribution in [2.24, 2.45) is 0 Å². The van der Waals surface area contributed by atoms with Gasteiger partial charge in [-0.15, -0.1) is 0 Å². The number of hydrogen-bond acceptors (Lipinski definition) is 0. The lowest BCUT2D eigenvalue weighted by Crippen LogP contribution is -2.14. The van der Waals surface area contributed by atoms with Crippen LogP contribution in [0.25, 0.3) is 0 Å². The fourth-order valence-corrected chi connectivity index (χ4v) is 1.64. The van der Waals surface area contributed by atoms with E-state index in [0.717, 1.165) is 19.3 Å². The standard InChI is InChI=1S/C8H16BrF/c1-3-5-7(9)8(10)6-4-2/h7-8H,3-6H2,1-2H3/t7-,8-/m0/s1. The average molecular weight is 211 g/mol. The van der Waals surface area contributed by atoms with Gasteiger partial charge in [0.05, 0.1) is 0 Å². The van der Waals surface area contributed by atoms with Gasteiger partial charge in [0.25, 0.3) is 0 Å². The van der Waals surface area contributed by atoms with Gasteiger partial charge in [0.2, 0.25) is 0 Å². The molecule has 0 aliphatic heterocycles. The van der Waals surface area contributed by atoms with Crippen LogP contribution in [0.1, 0.15) is 39.5 Å². The highest BCUT2D eigenvalue weighted by Gasteiger charge is 2.14. The molecule has 0 aromatic heterocycles. The highest BCUT2D eigenvalue weighted by molar-refractivity contribution is 9.09. The van der Waals surface area contributed by atoms with Crippen LogP contribution in [0.15, 0.2) is 0 Å². The van der Waals surface area contributed by atoms with Crippen LogP contribution >= 0.6 is 15.9 Å². The van der Waals surface area contributed by atoms with Gasteiger partial charge in [-0.2, -0.15) is 0 Å². The van der Waals surface area contributed by atoms with Gasteiger partial charge in [-0.3, -0.25) is 0 Å². The minimum absolute atomic E-state index is 0.0810. The van der Waals surface area contributed by atoms with Crippen molar-refractivity contribution in [2.75, 3.05) is 0 Å². The Morgan fingerprint density at radius 1 is 1.20 bits per heavy atom. The lowest BCUT2D eigenvalue weighted by Gasteiger charge is -2.12. The minimum atomic E-state index is -0.648. The summed E-state index contributed by atoms with van der Waals surface area (Å²) < 4.78 is 12.9. The molecule has 0 aliphatic rings. The summed E-state index contributed by atoms with van der Waals surface area (Å²) in [6.45, 7) is 4.09. The predicted molar refractivity (Wildman–Crippen MR) is 47.4 cm³/mol. The molecular weight excluding hydrogens is 195 g/mol. The number of rotatable bonds is 5. The second-order valence-corrected chi connectivity index (χ2v) is 3.79. The van der Waals surface area contributed by atoms with E-state index in [-0.39, 0.29) is 4.83 Å². The van der Waals surface area contributed by atoms with Crippen LogP contribution in [0, 0.1) is 0 Å². The maximum absolute atomic E-state index is 12.9. The molecule has 0 bridgehead atoms. The zero-order valence-electron chi connectivity index (χ0n) is 6.74. The smallest absolute Gasteiger partial charge is 0.113 e. The third-order valence-corrected chi connectivity index (χ3v) is 2.55. The zero-order valence-corrected chi connectivity index (χ0v) is 8.33. The molecular formula is C8H16BrF. The van der Waals surface area contributed by atoms with E-state index < -0.39 is 6.17 Å².